The van der Waals surface area contributed by atoms with Crippen LogP contribution in [0, 0.1) is 0 Å². The summed E-state index contributed by atoms with van der Waals surface area (Å²) in [4.78, 5) is 23.5. The second kappa shape index (κ2) is 11.4. The van der Waals surface area contributed by atoms with Gasteiger partial charge in [0, 0.05) is 78.5 Å². The number of fused-ring (bicyclic) bond motifs is 2. The summed E-state index contributed by atoms with van der Waals surface area (Å²) in [5, 5.41) is 12.7. The molecule has 1 saturated heterocycles. The molecular weight excluding hydrogens is 566 g/mol. The number of aromatic amines is 1. The van der Waals surface area contributed by atoms with E-state index in [-0.39, 0.29) is 11.9 Å². The number of hydrogen-bond acceptors (Lipinski definition) is 5. The molecule has 1 fully saturated rings. The van der Waals surface area contributed by atoms with Gasteiger partial charge in [-0.1, -0.05) is 46.3 Å². The smallest absolute Gasteiger partial charge is 0.252 e. The molecule has 1 aliphatic heterocycles. The molecule has 0 radical (unpaired) electrons. The number of aromatic nitrogens is 4. The third-order valence-electron chi connectivity index (χ3n) is 7.68. The number of piperazine rings is 1. The second-order valence-electron chi connectivity index (χ2n) is 10.4. The highest BCUT2D eigenvalue weighted by Crippen LogP contribution is 2.32. The zero-order valence-corrected chi connectivity index (χ0v) is 24.2. The highest BCUT2D eigenvalue weighted by Gasteiger charge is 2.25. The molecule has 6 rings (SSSR count). The average molecular weight is 599 g/mol. The number of rotatable bonds is 7. The summed E-state index contributed by atoms with van der Waals surface area (Å²) in [6, 6.07) is 20.1. The molecule has 3 aromatic heterocycles. The Kier molecular flexibility index (Phi) is 7.51. The SMILES string of the molecule is CN1CCN(C[C@@H](NC(=O)/C(=C/c2[nH]nc3ncccc23)c2cn(C)c3ccc(Br)cc23)c2ccccc2)CC1. The minimum Gasteiger partial charge on any atom is -0.350 e. The number of benzene rings is 2. The molecule has 0 saturated carbocycles. The molecule has 9 heteroatoms. The van der Waals surface area contributed by atoms with Gasteiger partial charge in [0.05, 0.1) is 17.3 Å². The maximum Gasteiger partial charge on any atom is 0.252 e. The zero-order valence-electron chi connectivity index (χ0n) is 22.6. The molecule has 2 N–H and O–H groups in total. The van der Waals surface area contributed by atoms with Gasteiger partial charge in [0.1, 0.15) is 0 Å². The summed E-state index contributed by atoms with van der Waals surface area (Å²) >= 11 is 3.62. The average Bonchev–Trinajstić information content (AvgIpc) is 3.53. The van der Waals surface area contributed by atoms with Crippen LogP contribution in [0.25, 0.3) is 33.6 Å². The second-order valence-corrected chi connectivity index (χ2v) is 11.3. The first kappa shape index (κ1) is 26.4. The van der Waals surface area contributed by atoms with E-state index in [2.05, 4.69) is 82.1 Å². The van der Waals surface area contributed by atoms with Crippen LogP contribution in [0.4, 0.5) is 0 Å². The van der Waals surface area contributed by atoms with Crippen LogP contribution in [-0.4, -0.2) is 75.2 Å². The van der Waals surface area contributed by atoms with Crippen molar-refractivity contribution in [3.8, 4) is 0 Å². The Balaban J connectivity index is 1.42. The van der Waals surface area contributed by atoms with E-state index in [1.807, 2.05) is 55.7 Å². The van der Waals surface area contributed by atoms with Crippen molar-refractivity contribution in [2.24, 2.45) is 7.05 Å². The normalized spacial score (nSPS) is 16.0. The first-order valence-electron chi connectivity index (χ1n) is 13.5. The highest BCUT2D eigenvalue weighted by molar-refractivity contribution is 9.10. The molecule has 4 heterocycles. The van der Waals surface area contributed by atoms with E-state index in [1.165, 1.54) is 0 Å². The molecule has 2 aromatic carbocycles. The summed E-state index contributed by atoms with van der Waals surface area (Å²) in [7, 11) is 4.16. The van der Waals surface area contributed by atoms with Crippen LogP contribution in [0.15, 0.2) is 77.5 Å². The molecule has 40 heavy (non-hydrogen) atoms. The van der Waals surface area contributed by atoms with Gasteiger partial charge in [-0.3, -0.25) is 14.8 Å². The predicted molar refractivity (Wildman–Crippen MR) is 164 cm³/mol. The fraction of sp³-hybridized carbons (Fsp3) is 0.258. The maximum absolute atomic E-state index is 14.3. The van der Waals surface area contributed by atoms with E-state index in [0.29, 0.717) is 11.2 Å². The van der Waals surface area contributed by atoms with Gasteiger partial charge in [0.2, 0.25) is 0 Å². The minimum absolute atomic E-state index is 0.137. The van der Waals surface area contributed by atoms with E-state index in [0.717, 1.165) is 70.3 Å². The number of aryl methyl sites for hydroxylation is 1. The number of amides is 1. The topological polar surface area (TPSA) is 82.1 Å². The standard InChI is InChI=1S/C31H32BrN7O/c1-37-13-15-39(16-14-37)20-28(21-7-4-3-5-8-21)34-31(40)25(18-27-23-9-6-12-33-30(23)36-35-27)26-19-38(2)29-11-10-22(32)17-24(26)29/h3-12,17-19,28H,13-16,20H2,1-2H3,(H,34,40)(H,33,35,36)/b25-18+/t28-/m1/s1. The van der Waals surface area contributed by atoms with Gasteiger partial charge in [-0.25, -0.2) is 4.98 Å². The van der Waals surface area contributed by atoms with Crippen molar-refractivity contribution < 1.29 is 4.79 Å². The number of halogens is 1. The minimum atomic E-state index is -0.164. The van der Waals surface area contributed by atoms with Crippen LogP contribution >= 0.6 is 15.9 Å². The zero-order chi connectivity index (χ0) is 27.6. The number of carbonyl (C=O) groups excluding carboxylic acids is 1. The third kappa shape index (κ3) is 5.45. The number of nitrogens with one attached hydrogen (secondary N) is 2. The van der Waals surface area contributed by atoms with Crippen molar-refractivity contribution in [2.75, 3.05) is 39.8 Å². The van der Waals surface area contributed by atoms with Gasteiger partial charge in [-0.2, -0.15) is 5.10 Å². The summed E-state index contributed by atoms with van der Waals surface area (Å²) in [5.74, 6) is -0.137. The number of nitrogens with zero attached hydrogens (tertiary/aromatic N) is 5. The van der Waals surface area contributed by atoms with Gasteiger partial charge in [0.25, 0.3) is 5.91 Å². The van der Waals surface area contributed by atoms with Crippen LogP contribution < -0.4 is 5.32 Å². The Labute approximate surface area is 241 Å². The van der Waals surface area contributed by atoms with E-state index >= 15 is 0 Å². The molecule has 8 nitrogen and oxygen atoms in total. The number of H-pyrrole nitrogens is 1. The van der Waals surface area contributed by atoms with E-state index in [1.54, 1.807) is 6.20 Å². The monoisotopic (exact) mass is 597 g/mol. The summed E-state index contributed by atoms with van der Waals surface area (Å²) in [6.45, 7) is 4.74. The Hall–Kier alpha value is -3.79. The largest absolute Gasteiger partial charge is 0.350 e. The van der Waals surface area contributed by atoms with Crippen molar-refractivity contribution >= 4 is 55.4 Å². The van der Waals surface area contributed by atoms with Gasteiger partial charge in [-0.05, 0) is 49.0 Å². The van der Waals surface area contributed by atoms with Crippen LogP contribution in [-0.2, 0) is 11.8 Å². The summed E-state index contributed by atoms with van der Waals surface area (Å²) in [5.41, 5.74) is 4.92. The van der Waals surface area contributed by atoms with Crippen LogP contribution in [0.3, 0.4) is 0 Å². The van der Waals surface area contributed by atoms with Gasteiger partial charge in [0.15, 0.2) is 5.65 Å². The molecule has 1 amide bonds. The molecule has 0 unspecified atom stereocenters. The predicted octanol–water partition coefficient (Wildman–Crippen LogP) is 4.86. The van der Waals surface area contributed by atoms with Crippen LogP contribution in [0.1, 0.15) is 22.9 Å². The lowest BCUT2D eigenvalue weighted by atomic mass is 10.00. The molecule has 0 aliphatic carbocycles. The summed E-state index contributed by atoms with van der Waals surface area (Å²) < 4.78 is 3.02. The Morgan fingerprint density at radius 2 is 1.85 bits per heavy atom. The van der Waals surface area contributed by atoms with Crippen molar-refractivity contribution in [2.45, 2.75) is 6.04 Å². The van der Waals surface area contributed by atoms with Crippen molar-refractivity contribution in [1.82, 2.24) is 34.9 Å². The maximum atomic E-state index is 14.3. The lowest BCUT2D eigenvalue weighted by Gasteiger charge is -2.35. The van der Waals surface area contributed by atoms with Gasteiger partial charge in [-0.15, -0.1) is 0 Å². The summed E-state index contributed by atoms with van der Waals surface area (Å²) in [6.07, 6.45) is 5.65. The number of pyridine rings is 1. The van der Waals surface area contributed by atoms with Crippen LogP contribution in [0.2, 0.25) is 0 Å². The van der Waals surface area contributed by atoms with Gasteiger partial charge < -0.3 is 14.8 Å². The van der Waals surface area contributed by atoms with E-state index < -0.39 is 0 Å². The molecule has 0 bridgehead atoms. The Morgan fingerprint density at radius 1 is 1.05 bits per heavy atom. The van der Waals surface area contributed by atoms with E-state index in [4.69, 9.17) is 0 Å². The fourth-order valence-electron chi connectivity index (χ4n) is 5.41. The lowest BCUT2D eigenvalue weighted by molar-refractivity contribution is -0.116. The Bertz CT molecular complexity index is 1680. The first-order valence-corrected chi connectivity index (χ1v) is 14.3. The lowest BCUT2D eigenvalue weighted by Crippen LogP contribution is -2.47. The van der Waals surface area contributed by atoms with Gasteiger partial charge >= 0.3 is 0 Å². The molecule has 204 valence electrons. The molecular formula is C31H32BrN7O. The third-order valence-corrected chi connectivity index (χ3v) is 8.17. The number of likely N-dealkylation sites (N-methyl/N-ethyl adjacent to an activating group) is 1. The quantitative estimate of drug-likeness (QED) is 0.262. The van der Waals surface area contributed by atoms with Crippen molar-refractivity contribution in [1.29, 1.82) is 0 Å². The molecule has 1 atom stereocenters. The van der Waals surface area contributed by atoms with E-state index in [9.17, 15) is 4.79 Å². The van der Waals surface area contributed by atoms with Crippen molar-refractivity contribution in [3.63, 3.8) is 0 Å². The number of hydrogen-bond donors (Lipinski definition) is 2. The van der Waals surface area contributed by atoms with Crippen molar-refractivity contribution in [3.05, 3.63) is 94.4 Å². The Morgan fingerprint density at radius 3 is 2.65 bits per heavy atom. The van der Waals surface area contributed by atoms with Crippen LogP contribution in [0.5, 0.6) is 0 Å². The highest BCUT2D eigenvalue weighted by atomic mass is 79.9. The molecule has 5 aromatic rings. The molecule has 1 aliphatic rings. The number of carbonyl (C=O) groups is 1. The fourth-order valence-corrected chi connectivity index (χ4v) is 5.77. The first-order chi connectivity index (χ1) is 19.5. The molecule has 0 spiro atoms.